The number of nitrogens with zero attached hydrogens (tertiary/aromatic N) is 2. The normalized spacial score (nSPS) is 11.8. The minimum absolute atomic E-state index is 0.427. The molecule has 0 amide bonds. The van der Waals surface area contributed by atoms with Gasteiger partial charge >= 0.3 is 0 Å². The van der Waals surface area contributed by atoms with Gasteiger partial charge in [-0.25, -0.2) is 0 Å². The van der Waals surface area contributed by atoms with Crippen molar-refractivity contribution in [3.8, 4) is 11.5 Å². The molecule has 84 valence electrons. The monoisotopic (exact) mass is 237 g/mol. The van der Waals surface area contributed by atoms with Gasteiger partial charge in [-0.05, 0) is 32.0 Å². The lowest BCUT2D eigenvalue weighted by atomic mass is 10.1. The number of hydrogen-bond donors (Lipinski definition) is 1. The van der Waals surface area contributed by atoms with Crippen LogP contribution < -0.4 is 5.73 Å². The molecule has 0 atom stereocenters. The van der Waals surface area contributed by atoms with E-state index in [0.717, 1.165) is 5.56 Å². The third-order valence-electron chi connectivity index (χ3n) is 2.07. The van der Waals surface area contributed by atoms with Gasteiger partial charge in [0.15, 0.2) is 5.82 Å². The molecule has 0 saturated heterocycles. The lowest BCUT2D eigenvalue weighted by molar-refractivity contribution is 0.397. The number of halogens is 1. The number of aromatic nitrogens is 2. The lowest BCUT2D eigenvalue weighted by Gasteiger charge is -2.11. The summed E-state index contributed by atoms with van der Waals surface area (Å²) in [5, 5.41) is 4.47. The van der Waals surface area contributed by atoms with E-state index in [2.05, 4.69) is 10.1 Å². The Bertz CT molecular complexity index is 502. The molecule has 0 aliphatic carbocycles. The summed E-state index contributed by atoms with van der Waals surface area (Å²) in [6, 6.07) is 7.24. The predicted octanol–water partition coefficient (Wildman–Crippen LogP) is 2.58. The SMILES string of the molecule is CC(C)(N)c1noc(-c2cccc(Cl)c2)n1. The standard InChI is InChI=1S/C11H12ClN3O/c1-11(2,13)10-14-9(16-15-10)7-4-3-5-8(12)6-7/h3-6H,13H2,1-2H3. The van der Waals surface area contributed by atoms with Crippen molar-refractivity contribution < 1.29 is 4.52 Å². The molecule has 0 aliphatic heterocycles. The van der Waals surface area contributed by atoms with Crippen molar-refractivity contribution >= 4 is 11.6 Å². The minimum Gasteiger partial charge on any atom is -0.334 e. The van der Waals surface area contributed by atoms with Gasteiger partial charge in [-0.3, -0.25) is 0 Å². The van der Waals surface area contributed by atoms with Gasteiger partial charge in [0.2, 0.25) is 0 Å². The fourth-order valence-corrected chi connectivity index (χ4v) is 1.41. The maximum atomic E-state index is 5.88. The largest absolute Gasteiger partial charge is 0.334 e. The van der Waals surface area contributed by atoms with Crippen molar-refractivity contribution in [2.45, 2.75) is 19.4 Å². The molecular formula is C11H12ClN3O. The molecule has 0 radical (unpaired) electrons. The smallest absolute Gasteiger partial charge is 0.258 e. The summed E-state index contributed by atoms with van der Waals surface area (Å²) in [5.74, 6) is 0.901. The second-order valence-electron chi connectivity index (χ2n) is 4.16. The number of hydrogen-bond acceptors (Lipinski definition) is 4. The van der Waals surface area contributed by atoms with Crippen LogP contribution in [0.2, 0.25) is 5.02 Å². The van der Waals surface area contributed by atoms with Gasteiger partial charge in [-0.2, -0.15) is 4.98 Å². The number of nitrogens with two attached hydrogens (primary N) is 1. The molecule has 2 aromatic rings. The first kappa shape index (κ1) is 11.1. The van der Waals surface area contributed by atoms with Crippen molar-refractivity contribution in [1.29, 1.82) is 0 Å². The fraction of sp³-hybridized carbons (Fsp3) is 0.273. The second-order valence-corrected chi connectivity index (χ2v) is 4.59. The zero-order valence-corrected chi connectivity index (χ0v) is 9.82. The third kappa shape index (κ3) is 2.23. The molecule has 0 bridgehead atoms. The van der Waals surface area contributed by atoms with Crippen molar-refractivity contribution in [3.63, 3.8) is 0 Å². The molecule has 5 heteroatoms. The van der Waals surface area contributed by atoms with Gasteiger partial charge < -0.3 is 10.3 Å². The van der Waals surface area contributed by atoms with Gasteiger partial charge in [0.05, 0.1) is 5.54 Å². The Labute approximate surface area is 98.4 Å². The van der Waals surface area contributed by atoms with E-state index in [0.29, 0.717) is 16.7 Å². The van der Waals surface area contributed by atoms with Crippen LogP contribution in [0.3, 0.4) is 0 Å². The van der Waals surface area contributed by atoms with Crippen molar-refractivity contribution in [1.82, 2.24) is 10.1 Å². The molecule has 0 saturated carbocycles. The molecule has 1 aromatic heterocycles. The van der Waals surface area contributed by atoms with Gasteiger partial charge in [-0.15, -0.1) is 0 Å². The Kier molecular flexibility index (Phi) is 2.69. The van der Waals surface area contributed by atoms with E-state index in [1.54, 1.807) is 12.1 Å². The van der Waals surface area contributed by atoms with E-state index >= 15 is 0 Å². The highest BCUT2D eigenvalue weighted by Gasteiger charge is 2.21. The summed E-state index contributed by atoms with van der Waals surface area (Å²) in [4.78, 5) is 4.23. The minimum atomic E-state index is -0.611. The molecule has 2 rings (SSSR count). The molecule has 0 spiro atoms. The van der Waals surface area contributed by atoms with Crippen molar-refractivity contribution in [2.75, 3.05) is 0 Å². The highest BCUT2D eigenvalue weighted by atomic mass is 35.5. The van der Waals surface area contributed by atoms with Crippen LogP contribution >= 0.6 is 11.6 Å². The molecule has 0 unspecified atom stereocenters. The quantitative estimate of drug-likeness (QED) is 0.872. The molecule has 2 N–H and O–H groups in total. The molecule has 0 aliphatic rings. The average Bonchev–Trinajstić information content (AvgIpc) is 2.65. The molecule has 1 aromatic carbocycles. The zero-order chi connectivity index (χ0) is 11.8. The predicted molar refractivity (Wildman–Crippen MR) is 62.0 cm³/mol. The van der Waals surface area contributed by atoms with Crippen LogP contribution in [0.5, 0.6) is 0 Å². The van der Waals surface area contributed by atoms with Crippen LogP contribution in [0.4, 0.5) is 0 Å². The van der Waals surface area contributed by atoms with Crippen LogP contribution in [0, 0.1) is 0 Å². The Morgan fingerprint density at radius 1 is 1.38 bits per heavy atom. The average molecular weight is 238 g/mol. The van der Waals surface area contributed by atoms with Crippen LogP contribution in [-0.2, 0) is 5.54 Å². The summed E-state index contributed by atoms with van der Waals surface area (Å²) in [5.41, 5.74) is 6.04. The van der Waals surface area contributed by atoms with E-state index in [-0.39, 0.29) is 0 Å². The van der Waals surface area contributed by atoms with E-state index in [1.807, 2.05) is 26.0 Å². The Hall–Kier alpha value is -1.39. The molecule has 0 fully saturated rings. The lowest BCUT2D eigenvalue weighted by Crippen LogP contribution is -2.30. The molecular weight excluding hydrogens is 226 g/mol. The first-order chi connectivity index (χ1) is 7.47. The maximum absolute atomic E-state index is 5.88. The molecule has 16 heavy (non-hydrogen) atoms. The number of benzene rings is 1. The summed E-state index contributed by atoms with van der Waals surface area (Å²) in [7, 11) is 0. The fourth-order valence-electron chi connectivity index (χ4n) is 1.22. The van der Waals surface area contributed by atoms with Crippen molar-refractivity contribution in [3.05, 3.63) is 35.1 Å². The number of rotatable bonds is 2. The zero-order valence-electron chi connectivity index (χ0n) is 9.07. The van der Waals surface area contributed by atoms with Crippen LogP contribution in [0.15, 0.2) is 28.8 Å². The Morgan fingerprint density at radius 2 is 2.12 bits per heavy atom. The highest BCUT2D eigenvalue weighted by Crippen LogP contribution is 2.23. The molecule has 4 nitrogen and oxygen atoms in total. The first-order valence-corrected chi connectivity index (χ1v) is 5.23. The van der Waals surface area contributed by atoms with E-state index < -0.39 is 5.54 Å². The first-order valence-electron chi connectivity index (χ1n) is 4.86. The van der Waals surface area contributed by atoms with E-state index in [1.165, 1.54) is 0 Å². The summed E-state index contributed by atoms with van der Waals surface area (Å²) in [6.45, 7) is 3.64. The van der Waals surface area contributed by atoms with Crippen LogP contribution in [0.25, 0.3) is 11.5 Å². The highest BCUT2D eigenvalue weighted by molar-refractivity contribution is 6.30. The Balaban J connectivity index is 2.39. The van der Waals surface area contributed by atoms with Crippen LogP contribution in [-0.4, -0.2) is 10.1 Å². The topological polar surface area (TPSA) is 64.9 Å². The van der Waals surface area contributed by atoms with Gasteiger partial charge in [-0.1, -0.05) is 22.8 Å². The van der Waals surface area contributed by atoms with Gasteiger partial charge in [0, 0.05) is 10.6 Å². The maximum Gasteiger partial charge on any atom is 0.258 e. The van der Waals surface area contributed by atoms with E-state index in [4.69, 9.17) is 21.9 Å². The van der Waals surface area contributed by atoms with Crippen LogP contribution in [0.1, 0.15) is 19.7 Å². The second kappa shape index (κ2) is 3.88. The van der Waals surface area contributed by atoms with Crippen molar-refractivity contribution in [2.24, 2.45) is 5.73 Å². The summed E-state index contributed by atoms with van der Waals surface area (Å²) in [6.07, 6.45) is 0. The van der Waals surface area contributed by atoms with Gasteiger partial charge in [0.1, 0.15) is 0 Å². The summed E-state index contributed by atoms with van der Waals surface area (Å²) >= 11 is 5.88. The van der Waals surface area contributed by atoms with Gasteiger partial charge in [0.25, 0.3) is 5.89 Å². The molecule has 1 heterocycles. The summed E-state index contributed by atoms with van der Waals surface area (Å²) < 4.78 is 5.13. The third-order valence-corrected chi connectivity index (χ3v) is 2.31. The van der Waals surface area contributed by atoms with E-state index in [9.17, 15) is 0 Å². The Morgan fingerprint density at radius 3 is 2.69 bits per heavy atom.